The Morgan fingerprint density at radius 2 is 1.76 bits per heavy atom. The van der Waals surface area contributed by atoms with Crippen LogP contribution in [0.25, 0.3) is 0 Å². The quantitative estimate of drug-likeness (QED) is 0.854. The highest BCUT2D eigenvalue weighted by atomic mass is 19.1. The van der Waals surface area contributed by atoms with E-state index < -0.39 is 18.0 Å². The fourth-order valence-corrected chi connectivity index (χ4v) is 4.15. The normalized spacial score (nSPS) is 28.8. The lowest BCUT2D eigenvalue weighted by Crippen LogP contribution is -2.45. The van der Waals surface area contributed by atoms with Crippen molar-refractivity contribution in [2.24, 2.45) is 5.92 Å². The number of alkyl halides is 1. The summed E-state index contributed by atoms with van der Waals surface area (Å²) in [6.07, 6.45) is -0.0308. The Hall–Kier alpha value is -2.04. The molecule has 0 bridgehead atoms. The van der Waals surface area contributed by atoms with Crippen LogP contribution in [0.15, 0.2) is 12.1 Å². The van der Waals surface area contributed by atoms with E-state index in [2.05, 4.69) is 5.32 Å². The molecule has 2 aliphatic rings. The molecule has 2 aliphatic carbocycles. The summed E-state index contributed by atoms with van der Waals surface area (Å²) in [6, 6.07) is 3.83. The Kier molecular flexibility index (Phi) is 4.76. The highest BCUT2D eigenvalue weighted by molar-refractivity contribution is 6.15. The first-order valence-electron chi connectivity index (χ1n) is 8.84. The molecule has 5 heteroatoms. The number of carbonyl (C=O) groups excluding carboxylic acids is 3. The number of hydrogen-bond acceptors (Lipinski definition) is 3. The van der Waals surface area contributed by atoms with Crippen LogP contribution in [0.5, 0.6) is 0 Å². The molecule has 2 atom stereocenters. The first-order valence-corrected chi connectivity index (χ1v) is 8.84. The third-order valence-corrected chi connectivity index (χ3v) is 5.36. The molecule has 25 heavy (non-hydrogen) atoms. The summed E-state index contributed by atoms with van der Waals surface area (Å²) in [4.78, 5) is 37.4. The van der Waals surface area contributed by atoms with Gasteiger partial charge in [-0.1, -0.05) is 17.7 Å². The smallest absolute Gasteiger partial charge is 0.220 e. The summed E-state index contributed by atoms with van der Waals surface area (Å²) in [7, 11) is 0. The first kappa shape index (κ1) is 17.8. The molecule has 0 aromatic heterocycles. The van der Waals surface area contributed by atoms with Crippen molar-refractivity contribution in [3.8, 4) is 0 Å². The van der Waals surface area contributed by atoms with Gasteiger partial charge in [0.25, 0.3) is 0 Å². The number of Topliss-reactive ketones (excluding diaryl/α,β-unsaturated/α-hetero) is 2. The summed E-state index contributed by atoms with van der Waals surface area (Å²) in [5.74, 6) is -1.85. The van der Waals surface area contributed by atoms with Crippen molar-refractivity contribution in [3.05, 3.63) is 34.4 Å². The van der Waals surface area contributed by atoms with Gasteiger partial charge in [-0.25, -0.2) is 4.39 Å². The molecule has 0 heterocycles. The van der Waals surface area contributed by atoms with Crippen LogP contribution in [0.3, 0.4) is 0 Å². The summed E-state index contributed by atoms with van der Waals surface area (Å²) in [6.45, 7) is 5.82. The third kappa shape index (κ3) is 3.51. The van der Waals surface area contributed by atoms with Crippen molar-refractivity contribution < 1.29 is 18.8 Å². The molecule has 2 saturated carbocycles. The predicted octanol–water partition coefficient (Wildman–Crippen LogP) is 2.86. The van der Waals surface area contributed by atoms with Crippen LogP contribution in [0.2, 0.25) is 0 Å². The number of aryl methyl sites for hydroxylation is 3. The maximum atomic E-state index is 12.8. The van der Waals surface area contributed by atoms with Gasteiger partial charge < -0.3 is 5.32 Å². The van der Waals surface area contributed by atoms with E-state index in [0.29, 0.717) is 12.8 Å². The predicted molar refractivity (Wildman–Crippen MR) is 92.2 cm³/mol. The van der Waals surface area contributed by atoms with Crippen molar-refractivity contribution in [1.29, 1.82) is 0 Å². The lowest BCUT2D eigenvalue weighted by Gasteiger charge is -2.30. The maximum Gasteiger partial charge on any atom is 0.220 e. The van der Waals surface area contributed by atoms with E-state index in [4.69, 9.17) is 0 Å². The standard InChI is InChI=1S/C20H24FNO3/c1-10-4-11(2)18(12(3)5-10)19-16(23)6-13(20(19)25)7-17(24)22-15-8-14(21)9-15/h4-5,13-15,19H,6-9H2,1-3H3,(H,22,24). The molecule has 0 aliphatic heterocycles. The number of carbonyl (C=O) groups is 3. The largest absolute Gasteiger partial charge is 0.353 e. The molecule has 2 unspecified atom stereocenters. The van der Waals surface area contributed by atoms with Crippen LogP contribution in [0, 0.1) is 26.7 Å². The minimum atomic E-state index is -0.836. The Balaban J connectivity index is 1.71. The zero-order chi connectivity index (χ0) is 18.3. The molecule has 3 rings (SSSR count). The fourth-order valence-electron chi connectivity index (χ4n) is 4.15. The van der Waals surface area contributed by atoms with Gasteiger partial charge >= 0.3 is 0 Å². The lowest BCUT2D eigenvalue weighted by atomic mass is 9.86. The van der Waals surface area contributed by atoms with Crippen LogP contribution < -0.4 is 5.32 Å². The summed E-state index contributed by atoms with van der Waals surface area (Å²) in [5.41, 5.74) is 3.78. The van der Waals surface area contributed by atoms with Gasteiger partial charge in [0.15, 0.2) is 5.78 Å². The van der Waals surface area contributed by atoms with Gasteiger partial charge in [-0.15, -0.1) is 0 Å². The first-order chi connectivity index (χ1) is 11.8. The van der Waals surface area contributed by atoms with Crippen molar-refractivity contribution in [2.45, 2.75) is 64.6 Å². The van der Waals surface area contributed by atoms with E-state index in [1.54, 1.807) is 0 Å². The van der Waals surface area contributed by atoms with E-state index in [9.17, 15) is 18.8 Å². The number of nitrogens with one attached hydrogen (secondary N) is 1. The minimum absolute atomic E-state index is 0.0124. The van der Waals surface area contributed by atoms with Gasteiger partial charge in [-0.2, -0.15) is 0 Å². The van der Waals surface area contributed by atoms with Gasteiger partial charge in [0.1, 0.15) is 17.9 Å². The van der Waals surface area contributed by atoms with Crippen molar-refractivity contribution in [1.82, 2.24) is 5.32 Å². The van der Waals surface area contributed by atoms with Crippen molar-refractivity contribution >= 4 is 17.5 Å². The number of benzene rings is 1. The summed E-state index contributed by atoms with van der Waals surface area (Å²) >= 11 is 0. The second kappa shape index (κ2) is 6.70. The molecule has 0 spiro atoms. The van der Waals surface area contributed by atoms with Gasteiger partial charge in [0.2, 0.25) is 5.91 Å². The van der Waals surface area contributed by atoms with E-state index >= 15 is 0 Å². The number of ketones is 2. The molecule has 1 aromatic carbocycles. The lowest BCUT2D eigenvalue weighted by molar-refractivity contribution is -0.129. The topological polar surface area (TPSA) is 63.2 Å². The van der Waals surface area contributed by atoms with Crippen LogP contribution in [-0.2, 0) is 14.4 Å². The number of halogens is 1. The van der Waals surface area contributed by atoms with Crippen molar-refractivity contribution in [2.75, 3.05) is 0 Å². The average Bonchev–Trinajstić information content (AvgIpc) is 2.72. The third-order valence-electron chi connectivity index (χ3n) is 5.36. The van der Waals surface area contributed by atoms with Gasteiger partial charge in [-0.3, -0.25) is 14.4 Å². The molecule has 4 nitrogen and oxygen atoms in total. The maximum absolute atomic E-state index is 12.8. The van der Waals surface area contributed by atoms with Gasteiger partial charge in [0, 0.05) is 24.8 Å². The Labute approximate surface area is 147 Å². The number of amides is 1. The van der Waals surface area contributed by atoms with E-state index in [0.717, 1.165) is 22.3 Å². The fraction of sp³-hybridized carbons (Fsp3) is 0.550. The highest BCUT2D eigenvalue weighted by Gasteiger charge is 2.44. The van der Waals surface area contributed by atoms with E-state index in [-0.39, 0.29) is 36.4 Å². The molecule has 0 radical (unpaired) electrons. The highest BCUT2D eigenvalue weighted by Crippen LogP contribution is 2.37. The molecular weight excluding hydrogens is 321 g/mol. The van der Waals surface area contributed by atoms with Gasteiger partial charge in [0.05, 0.1) is 0 Å². The van der Waals surface area contributed by atoms with Crippen LogP contribution in [-0.4, -0.2) is 29.7 Å². The SMILES string of the molecule is Cc1cc(C)c(C2C(=O)CC(CC(=O)NC3CC(F)C3)C2=O)c(C)c1. The number of hydrogen-bond donors (Lipinski definition) is 1. The molecule has 1 amide bonds. The van der Waals surface area contributed by atoms with Crippen LogP contribution in [0.1, 0.15) is 53.9 Å². The van der Waals surface area contributed by atoms with Gasteiger partial charge in [-0.05, 0) is 50.3 Å². The summed E-state index contributed by atoms with van der Waals surface area (Å²) < 4.78 is 12.8. The molecule has 2 fully saturated rings. The zero-order valence-corrected chi connectivity index (χ0v) is 14.9. The Bertz CT molecular complexity index is 713. The van der Waals surface area contributed by atoms with E-state index in [1.165, 1.54) is 0 Å². The second-order valence-electron chi connectivity index (χ2n) is 7.55. The number of rotatable bonds is 4. The molecule has 134 valence electrons. The van der Waals surface area contributed by atoms with Crippen molar-refractivity contribution in [3.63, 3.8) is 0 Å². The molecule has 1 N–H and O–H groups in total. The average molecular weight is 345 g/mol. The molecule has 0 saturated heterocycles. The monoisotopic (exact) mass is 345 g/mol. The summed E-state index contributed by atoms with van der Waals surface area (Å²) in [5, 5.41) is 2.75. The Morgan fingerprint density at radius 1 is 1.16 bits per heavy atom. The van der Waals surface area contributed by atoms with Crippen LogP contribution >= 0.6 is 0 Å². The van der Waals surface area contributed by atoms with E-state index in [1.807, 2.05) is 32.9 Å². The zero-order valence-electron chi connectivity index (χ0n) is 14.9. The minimum Gasteiger partial charge on any atom is -0.353 e. The second-order valence-corrected chi connectivity index (χ2v) is 7.55. The van der Waals surface area contributed by atoms with Crippen LogP contribution in [0.4, 0.5) is 4.39 Å². The molecule has 1 aromatic rings. The Morgan fingerprint density at radius 3 is 2.32 bits per heavy atom. The molecular formula is C20H24FNO3.